The Hall–Kier alpha value is -1.88. The third-order valence-electron chi connectivity index (χ3n) is 2.24. The molecular weight excluding hydrogens is 237 g/mol. The van der Waals surface area contributed by atoms with Crippen LogP contribution in [0.25, 0.3) is 0 Å². The Balaban J connectivity index is 2.35. The van der Waals surface area contributed by atoms with Gasteiger partial charge in [0.2, 0.25) is 0 Å². The van der Waals surface area contributed by atoms with E-state index in [4.69, 9.17) is 9.84 Å². The monoisotopic (exact) mass is 253 g/mol. The zero-order valence-corrected chi connectivity index (χ0v) is 10.0. The van der Waals surface area contributed by atoms with Crippen LogP contribution < -0.4 is 4.74 Å². The highest BCUT2D eigenvalue weighted by molar-refractivity contribution is 5.69. The second kappa shape index (κ2) is 7.45. The molecular formula is C13H16FNO3. The summed E-state index contributed by atoms with van der Waals surface area (Å²) in [5.74, 6) is -0.648. The molecule has 0 spiro atoms. The van der Waals surface area contributed by atoms with Gasteiger partial charge in [-0.05, 0) is 24.3 Å². The topological polar surface area (TPSA) is 49.8 Å². The summed E-state index contributed by atoms with van der Waals surface area (Å²) < 4.78 is 18.0. The first kappa shape index (κ1) is 14.2. The number of hydrogen-bond acceptors (Lipinski definition) is 3. The first-order valence-electron chi connectivity index (χ1n) is 5.55. The van der Waals surface area contributed by atoms with Crippen molar-refractivity contribution in [1.29, 1.82) is 0 Å². The Bertz CT molecular complexity index is 392. The molecule has 0 bridgehead atoms. The number of hydrogen-bond donors (Lipinski definition) is 1. The molecule has 0 amide bonds. The number of aliphatic carboxylic acids is 1. The van der Waals surface area contributed by atoms with Crippen LogP contribution in [0.4, 0.5) is 4.39 Å². The molecule has 0 saturated heterocycles. The van der Waals surface area contributed by atoms with Crippen LogP contribution >= 0.6 is 0 Å². The Morgan fingerprint density at radius 2 is 2.11 bits per heavy atom. The molecule has 0 aliphatic heterocycles. The molecule has 0 fully saturated rings. The van der Waals surface area contributed by atoms with Crippen molar-refractivity contribution in [3.05, 3.63) is 42.7 Å². The molecule has 1 rings (SSSR count). The predicted molar refractivity (Wildman–Crippen MR) is 66.2 cm³/mol. The van der Waals surface area contributed by atoms with E-state index in [0.717, 1.165) is 0 Å². The largest absolute Gasteiger partial charge is 0.492 e. The Kier molecular flexibility index (Phi) is 5.87. The molecule has 0 aliphatic rings. The summed E-state index contributed by atoms with van der Waals surface area (Å²) in [5, 5.41) is 8.70. The van der Waals surface area contributed by atoms with Crippen molar-refractivity contribution in [2.24, 2.45) is 0 Å². The summed E-state index contributed by atoms with van der Waals surface area (Å²) >= 11 is 0. The van der Waals surface area contributed by atoms with E-state index in [1.807, 2.05) is 0 Å². The van der Waals surface area contributed by atoms with Crippen LogP contribution in [0.2, 0.25) is 0 Å². The zero-order chi connectivity index (χ0) is 13.4. The van der Waals surface area contributed by atoms with Gasteiger partial charge >= 0.3 is 5.97 Å². The quantitative estimate of drug-likeness (QED) is 0.717. The fraction of sp³-hybridized carbons (Fsp3) is 0.308. The molecule has 0 aromatic heterocycles. The third-order valence-corrected chi connectivity index (χ3v) is 2.24. The molecule has 0 heterocycles. The molecule has 0 aliphatic carbocycles. The van der Waals surface area contributed by atoms with Crippen molar-refractivity contribution in [2.75, 3.05) is 26.2 Å². The summed E-state index contributed by atoms with van der Waals surface area (Å²) in [5.41, 5.74) is 0. The number of carboxylic acid groups (broad SMARTS) is 1. The second-order valence-electron chi connectivity index (χ2n) is 3.72. The lowest BCUT2D eigenvalue weighted by Crippen LogP contribution is -2.33. The van der Waals surface area contributed by atoms with Gasteiger partial charge in [-0.1, -0.05) is 6.08 Å². The summed E-state index contributed by atoms with van der Waals surface area (Å²) in [6.07, 6.45) is 1.64. The summed E-state index contributed by atoms with van der Waals surface area (Å²) in [4.78, 5) is 12.3. The Morgan fingerprint density at radius 3 is 2.67 bits per heavy atom. The maximum absolute atomic E-state index is 12.6. The van der Waals surface area contributed by atoms with Gasteiger partial charge in [-0.2, -0.15) is 0 Å². The van der Waals surface area contributed by atoms with Gasteiger partial charge in [0, 0.05) is 13.1 Å². The number of benzene rings is 1. The zero-order valence-electron chi connectivity index (χ0n) is 10.0. The highest BCUT2D eigenvalue weighted by atomic mass is 19.1. The van der Waals surface area contributed by atoms with Gasteiger partial charge in [0.1, 0.15) is 18.2 Å². The van der Waals surface area contributed by atoms with Crippen LogP contribution in [0.1, 0.15) is 0 Å². The molecule has 1 aromatic rings. The van der Waals surface area contributed by atoms with Crippen LogP contribution in [0, 0.1) is 5.82 Å². The van der Waals surface area contributed by atoms with E-state index in [-0.39, 0.29) is 12.4 Å². The molecule has 98 valence electrons. The van der Waals surface area contributed by atoms with Crippen molar-refractivity contribution >= 4 is 5.97 Å². The van der Waals surface area contributed by atoms with E-state index in [1.165, 1.54) is 24.3 Å². The lowest BCUT2D eigenvalue weighted by Gasteiger charge is -2.18. The first-order valence-corrected chi connectivity index (χ1v) is 5.55. The van der Waals surface area contributed by atoms with E-state index < -0.39 is 5.97 Å². The minimum Gasteiger partial charge on any atom is -0.492 e. The van der Waals surface area contributed by atoms with Crippen LogP contribution in [-0.2, 0) is 4.79 Å². The van der Waals surface area contributed by atoms with Gasteiger partial charge in [0.15, 0.2) is 0 Å². The van der Waals surface area contributed by atoms with Crippen molar-refractivity contribution in [3.8, 4) is 5.75 Å². The minimum absolute atomic E-state index is 0.0567. The number of carbonyl (C=O) groups is 1. The predicted octanol–water partition coefficient (Wildman–Crippen LogP) is 1.78. The molecule has 18 heavy (non-hydrogen) atoms. The summed E-state index contributed by atoms with van der Waals surface area (Å²) in [6, 6.07) is 5.69. The molecule has 0 atom stereocenters. The number of nitrogens with zero attached hydrogens (tertiary/aromatic N) is 1. The van der Waals surface area contributed by atoms with E-state index >= 15 is 0 Å². The van der Waals surface area contributed by atoms with E-state index in [1.54, 1.807) is 11.0 Å². The van der Waals surface area contributed by atoms with Crippen molar-refractivity contribution < 1.29 is 19.0 Å². The lowest BCUT2D eigenvalue weighted by atomic mass is 10.3. The highest BCUT2D eigenvalue weighted by Crippen LogP contribution is 2.10. The minimum atomic E-state index is -0.890. The number of carboxylic acids is 1. The van der Waals surface area contributed by atoms with E-state index in [0.29, 0.717) is 25.4 Å². The SMILES string of the molecule is C=CCN(CCOc1ccc(F)cc1)CC(=O)O. The maximum Gasteiger partial charge on any atom is 0.317 e. The van der Waals surface area contributed by atoms with Gasteiger partial charge in [-0.25, -0.2) is 4.39 Å². The number of rotatable bonds is 8. The molecule has 4 nitrogen and oxygen atoms in total. The van der Waals surface area contributed by atoms with Crippen LogP contribution in [0.15, 0.2) is 36.9 Å². The molecule has 5 heteroatoms. The average Bonchev–Trinajstić information content (AvgIpc) is 2.31. The first-order chi connectivity index (χ1) is 8.61. The van der Waals surface area contributed by atoms with E-state index in [9.17, 15) is 9.18 Å². The van der Waals surface area contributed by atoms with Gasteiger partial charge < -0.3 is 9.84 Å². The normalized spacial score (nSPS) is 10.3. The van der Waals surface area contributed by atoms with Crippen molar-refractivity contribution in [1.82, 2.24) is 4.90 Å². The smallest absolute Gasteiger partial charge is 0.317 e. The molecule has 1 aromatic carbocycles. The van der Waals surface area contributed by atoms with Gasteiger partial charge in [0.05, 0.1) is 6.54 Å². The van der Waals surface area contributed by atoms with Crippen LogP contribution in [0.3, 0.4) is 0 Å². The molecule has 1 N–H and O–H groups in total. The Morgan fingerprint density at radius 1 is 1.44 bits per heavy atom. The highest BCUT2D eigenvalue weighted by Gasteiger charge is 2.07. The second-order valence-corrected chi connectivity index (χ2v) is 3.72. The molecule has 0 saturated carbocycles. The van der Waals surface area contributed by atoms with Crippen LogP contribution in [-0.4, -0.2) is 42.2 Å². The summed E-state index contributed by atoms with van der Waals surface area (Å²) in [7, 11) is 0. The fourth-order valence-electron chi connectivity index (χ4n) is 1.43. The molecule has 0 unspecified atom stereocenters. The standard InChI is InChI=1S/C13H16FNO3/c1-2-7-15(10-13(16)17)8-9-18-12-5-3-11(14)4-6-12/h2-6H,1,7-10H2,(H,16,17). The van der Waals surface area contributed by atoms with Gasteiger partial charge in [-0.3, -0.25) is 9.69 Å². The van der Waals surface area contributed by atoms with Crippen LogP contribution in [0.5, 0.6) is 5.75 Å². The van der Waals surface area contributed by atoms with Crippen molar-refractivity contribution in [2.45, 2.75) is 0 Å². The van der Waals surface area contributed by atoms with Gasteiger partial charge in [-0.15, -0.1) is 6.58 Å². The summed E-state index contributed by atoms with van der Waals surface area (Å²) in [6.45, 7) is 4.80. The number of halogens is 1. The fourth-order valence-corrected chi connectivity index (χ4v) is 1.43. The average molecular weight is 253 g/mol. The van der Waals surface area contributed by atoms with Crippen molar-refractivity contribution in [3.63, 3.8) is 0 Å². The number of ether oxygens (including phenoxy) is 1. The van der Waals surface area contributed by atoms with E-state index in [2.05, 4.69) is 6.58 Å². The third kappa shape index (κ3) is 5.45. The maximum atomic E-state index is 12.6. The lowest BCUT2D eigenvalue weighted by molar-refractivity contribution is -0.138. The van der Waals surface area contributed by atoms with Gasteiger partial charge in [0.25, 0.3) is 0 Å². The Labute approximate surface area is 105 Å². The molecule has 0 radical (unpaired) electrons.